The van der Waals surface area contributed by atoms with Crippen LogP contribution in [0.5, 0.6) is 0 Å². The van der Waals surface area contributed by atoms with Gasteiger partial charge in [-0.15, -0.1) is 0 Å². The number of benzene rings is 1. The average Bonchev–Trinajstić information content (AvgIpc) is 2.38. The Labute approximate surface area is 117 Å². The summed E-state index contributed by atoms with van der Waals surface area (Å²) in [5.74, 6) is 0.584. The topological polar surface area (TPSA) is 78.5 Å². The zero-order chi connectivity index (χ0) is 14.5. The molecule has 0 spiro atoms. The number of likely N-dealkylation sites (N-methyl/N-ethyl adjacent to an activating group) is 1. The number of rotatable bonds is 6. The van der Waals surface area contributed by atoms with E-state index in [9.17, 15) is 9.90 Å². The number of hydrogen-bond donors (Lipinski definition) is 2. The predicted octanol–water partition coefficient (Wildman–Crippen LogP) is 0.362. The Hall–Kier alpha value is -1.76. The number of H-pyrrole nitrogens is 1. The molecule has 0 bridgehead atoms. The van der Waals surface area contributed by atoms with Crippen molar-refractivity contribution in [1.29, 1.82) is 0 Å². The van der Waals surface area contributed by atoms with Crippen molar-refractivity contribution >= 4 is 10.9 Å². The summed E-state index contributed by atoms with van der Waals surface area (Å²) in [7, 11) is 3.40. The van der Waals surface area contributed by atoms with Crippen LogP contribution in [-0.2, 0) is 11.3 Å². The Kier molecular flexibility index (Phi) is 4.84. The Morgan fingerprint density at radius 3 is 2.95 bits per heavy atom. The summed E-state index contributed by atoms with van der Waals surface area (Å²) in [6.07, 6.45) is -0.558. The molecule has 0 radical (unpaired) electrons. The van der Waals surface area contributed by atoms with Crippen LogP contribution in [0.3, 0.4) is 0 Å². The van der Waals surface area contributed by atoms with Gasteiger partial charge in [-0.2, -0.15) is 0 Å². The third-order valence-corrected chi connectivity index (χ3v) is 2.96. The molecule has 1 aromatic heterocycles. The minimum atomic E-state index is -0.558. The number of ether oxygens (including phenoxy) is 1. The van der Waals surface area contributed by atoms with E-state index in [2.05, 4.69) is 9.97 Å². The van der Waals surface area contributed by atoms with E-state index in [4.69, 9.17) is 4.74 Å². The van der Waals surface area contributed by atoms with Gasteiger partial charge in [0.25, 0.3) is 5.56 Å². The molecule has 1 heterocycles. The lowest BCUT2D eigenvalue weighted by Crippen LogP contribution is -2.32. The molecule has 6 heteroatoms. The van der Waals surface area contributed by atoms with E-state index in [0.717, 1.165) is 0 Å². The van der Waals surface area contributed by atoms with Crippen LogP contribution in [0.15, 0.2) is 29.1 Å². The number of nitrogens with one attached hydrogen (secondary N) is 1. The number of aliphatic hydroxyl groups excluding tert-OH is 1. The van der Waals surface area contributed by atoms with Crippen LogP contribution >= 0.6 is 0 Å². The molecule has 0 fully saturated rings. The number of para-hydroxylation sites is 1. The number of aromatic amines is 1. The lowest BCUT2D eigenvalue weighted by atomic mass is 10.2. The largest absolute Gasteiger partial charge is 0.389 e. The van der Waals surface area contributed by atoms with Crippen LogP contribution in [0.2, 0.25) is 0 Å². The highest BCUT2D eigenvalue weighted by Gasteiger charge is 2.10. The maximum absolute atomic E-state index is 11.9. The molecule has 0 aliphatic heterocycles. The fraction of sp³-hybridized carbons (Fsp3) is 0.429. The number of aliphatic hydroxyl groups is 1. The minimum absolute atomic E-state index is 0.142. The first-order chi connectivity index (χ1) is 9.60. The van der Waals surface area contributed by atoms with Gasteiger partial charge in [0.15, 0.2) is 0 Å². The molecule has 108 valence electrons. The molecular weight excluding hydrogens is 258 g/mol. The van der Waals surface area contributed by atoms with Crippen LogP contribution in [0.4, 0.5) is 0 Å². The first kappa shape index (κ1) is 14.6. The van der Waals surface area contributed by atoms with E-state index in [-0.39, 0.29) is 12.2 Å². The van der Waals surface area contributed by atoms with Gasteiger partial charge in [-0.05, 0) is 19.2 Å². The van der Waals surface area contributed by atoms with Gasteiger partial charge in [-0.1, -0.05) is 12.1 Å². The lowest BCUT2D eigenvalue weighted by Gasteiger charge is -2.19. The Balaban J connectivity index is 2.12. The van der Waals surface area contributed by atoms with Crippen LogP contribution in [-0.4, -0.2) is 53.4 Å². The summed E-state index contributed by atoms with van der Waals surface area (Å²) in [6.45, 7) is 1.19. The predicted molar refractivity (Wildman–Crippen MR) is 76.6 cm³/mol. The van der Waals surface area contributed by atoms with E-state index in [1.54, 1.807) is 13.2 Å². The molecule has 1 atom stereocenters. The Morgan fingerprint density at radius 2 is 2.20 bits per heavy atom. The summed E-state index contributed by atoms with van der Waals surface area (Å²) in [6, 6.07) is 7.22. The fourth-order valence-electron chi connectivity index (χ4n) is 2.13. The Bertz CT molecular complexity index is 626. The van der Waals surface area contributed by atoms with Crippen molar-refractivity contribution in [3.05, 3.63) is 40.4 Å². The van der Waals surface area contributed by atoms with Crippen molar-refractivity contribution < 1.29 is 9.84 Å². The van der Waals surface area contributed by atoms with Crippen molar-refractivity contribution in [3.63, 3.8) is 0 Å². The molecule has 0 aliphatic carbocycles. The number of aromatic nitrogens is 2. The second kappa shape index (κ2) is 6.60. The highest BCUT2D eigenvalue weighted by Crippen LogP contribution is 2.06. The number of hydrogen-bond acceptors (Lipinski definition) is 5. The van der Waals surface area contributed by atoms with Crippen molar-refractivity contribution in [2.75, 3.05) is 27.3 Å². The summed E-state index contributed by atoms with van der Waals surface area (Å²) < 4.78 is 4.88. The molecule has 2 rings (SSSR count). The van der Waals surface area contributed by atoms with Crippen LogP contribution in [0.1, 0.15) is 5.82 Å². The maximum atomic E-state index is 11.9. The molecule has 0 amide bonds. The number of methoxy groups -OCH3 is 1. The molecule has 0 saturated carbocycles. The molecule has 0 aliphatic rings. The van der Waals surface area contributed by atoms with Gasteiger partial charge in [0, 0.05) is 13.7 Å². The van der Waals surface area contributed by atoms with E-state index in [0.29, 0.717) is 29.8 Å². The zero-order valence-electron chi connectivity index (χ0n) is 11.7. The highest BCUT2D eigenvalue weighted by atomic mass is 16.5. The monoisotopic (exact) mass is 277 g/mol. The van der Waals surface area contributed by atoms with E-state index in [1.165, 1.54) is 0 Å². The number of nitrogens with zero attached hydrogens (tertiary/aromatic N) is 2. The highest BCUT2D eigenvalue weighted by molar-refractivity contribution is 5.77. The standard InChI is InChI=1S/C14H19N3O3/c1-17(7-10(18)9-20-2)8-13-15-12-6-4-3-5-11(12)14(19)16-13/h3-6,10,18H,7-9H2,1-2H3,(H,15,16,19). The molecule has 20 heavy (non-hydrogen) atoms. The zero-order valence-corrected chi connectivity index (χ0v) is 11.7. The second-order valence-corrected chi connectivity index (χ2v) is 4.84. The fourth-order valence-corrected chi connectivity index (χ4v) is 2.13. The van der Waals surface area contributed by atoms with Crippen molar-refractivity contribution in [1.82, 2.24) is 14.9 Å². The van der Waals surface area contributed by atoms with Crippen LogP contribution in [0.25, 0.3) is 10.9 Å². The maximum Gasteiger partial charge on any atom is 0.258 e. The molecule has 0 saturated heterocycles. The van der Waals surface area contributed by atoms with Gasteiger partial charge >= 0.3 is 0 Å². The normalized spacial score (nSPS) is 13.0. The first-order valence-electron chi connectivity index (χ1n) is 6.43. The lowest BCUT2D eigenvalue weighted by molar-refractivity contribution is 0.0414. The minimum Gasteiger partial charge on any atom is -0.389 e. The van der Waals surface area contributed by atoms with Crippen molar-refractivity contribution in [3.8, 4) is 0 Å². The third kappa shape index (κ3) is 3.63. The van der Waals surface area contributed by atoms with Crippen LogP contribution in [0, 0.1) is 0 Å². The molecule has 6 nitrogen and oxygen atoms in total. The summed E-state index contributed by atoms with van der Waals surface area (Å²) in [5, 5.41) is 10.2. The molecule has 2 N–H and O–H groups in total. The molecule has 2 aromatic rings. The second-order valence-electron chi connectivity index (χ2n) is 4.84. The molecule has 1 aromatic carbocycles. The molecule has 1 unspecified atom stereocenters. The Morgan fingerprint density at radius 1 is 1.45 bits per heavy atom. The van der Waals surface area contributed by atoms with Gasteiger partial charge in [-0.25, -0.2) is 4.98 Å². The van der Waals surface area contributed by atoms with Gasteiger partial charge in [0.1, 0.15) is 5.82 Å². The van der Waals surface area contributed by atoms with E-state index in [1.807, 2.05) is 30.1 Å². The van der Waals surface area contributed by atoms with Gasteiger partial charge < -0.3 is 14.8 Å². The third-order valence-electron chi connectivity index (χ3n) is 2.96. The first-order valence-corrected chi connectivity index (χ1v) is 6.43. The van der Waals surface area contributed by atoms with Crippen molar-refractivity contribution in [2.24, 2.45) is 0 Å². The number of fused-ring (bicyclic) bond motifs is 1. The average molecular weight is 277 g/mol. The van der Waals surface area contributed by atoms with E-state index < -0.39 is 6.10 Å². The van der Waals surface area contributed by atoms with Crippen molar-refractivity contribution in [2.45, 2.75) is 12.6 Å². The van der Waals surface area contributed by atoms with Gasteiger partial charge in [-0.3, -0.25) is 9.69 Å². The van der Waals surface area contributed by atoms with E-state index >= 15 is 0 Å². The SMILES string of the molecule is COCC(O)CN(C)Cc1nc2ccccc2c(=O)[nH]1. The summed E-state index contributed by atoms with van der Waals surface area (Å²) in [4.78, 5) is 21.0. The summed E-state index contributed by atoms with van der Waals surface area (Å²) >= 11 is 0. The molecular formula is C14H19N3O3. The van der Waals surface area contributed by atoms with Crippen LogP contribution < -0.4 is 5.56 Å². The summed E-state index contributed by atoms with van der Waals surface area (Å²) in [5.41, 5.74) is 0.536. The quantitative estimate of drug-likeness (QED) is 0.797. The smallest absolute Gasteiger partial charge is 0.258 e. The van der Waals surface area contributed by atoms with Gasteiger partial charge in [0.05, 0.1) is 30.2 Å². The van der Waals surface area contributed by atoms with Gasteiger partial charge in [0.2, 0.25) is 0 Å².